The minimum atomic E-state index is -0.793. The zero-order valence-electron chi connectivity index (χ0n) is 15.7. The topological polar surface area (TPSA) is 69.1 Å². The number of aromatic nitrogens is 1. The van der Waals surface area contributed by atoms with Gasteiger partial charge >= 0.3 is 0 Å². The Hall–Kier alpha value is -2.02. The summed E-state index contributed by atoms with van der Waals surface area (Å²) in [7, 11) is 0. The number of hydrogen-bond acceptors (Lipinski definition) is 5. The molecule has 6 heteroatoms. The van der Waals surface area contributed by atoms with Crippen molar-refractivity contribution in [3.8, 4) is 5.75 Å². The first-order valence-electron chi connectivity index (χ1n) is 9.98. The average Bonchev–Trinajstić information content (AvgIpc) is 3.22. The van der Waals surface area contributed by atoms with Crippen LogP contribution < -0.4 is 0 Å². The van der Waals surface area contributed by atoms with E-state index in [0.717, 1.165) is 38.2 Å². The quantitative estimate of drug-likeness (QED) is 0.776. The molecule has 2 aromatic rings. The molecule has 5 atom stereocenters. The number of nitrogens with zero attached hydrogens (tertiary/aromatic N) is 2. The lowest BCUT2D eigenvalue weighted by Gasteiger charge is -2.26. The third kappa shape index (κ3) is 3.52. The van der Waals surface area contributed by atoms with E-state index in [4.69, 9.17) is 4.74 Å². The number of rotatable bonds is 5. The molecule has 2 saturated heterocycles. The van der Waals surface area contributed by atoms with Gasteiger partial charge in [-0.1, -0.05) is 18.2 Å². The first-order valence-corrected chi connectivity index (χ1v) is 9.98. The van der Waals surface area contributed by atoms with Crippen molar-refractivity contribution in [1.29, 1.82) is 0 Å². The Labute approximate surface area is 163 Å². The van der Waals surface area contributed by atoms with E-state index < -0.39 is 5.60 Å². The van der Waals surface area contributed by atoms with Gasteiger partial charge in [-0.2, -0.15) is 0 Å². The van der Waals surface area contributed by atoms with Gasteiger partial charge in [-0.05, 0) is 48.4 Å². The number of pyridine rings is 1. The van der Waals surface area contributed by atoms with E-state index in [2.05, 4.69) is 9.88 Å². The monoisotopic (exact) mass is 384 g/mol. The van der Waals surface area contributed by atoms with Crippen molar-refractivity contribution in [2.24, 2.45) is 11.8 Å². The normalized spacial score (nSPS) is 34.5. The van der Waals surface area contributed by atoms with Crippen molar-refractivity contribution in [3.05, 3.63) is 59.7 Å². The predicted molar refractivity (Wildman–Crippen MR) is 101 cm³/mol. The highest BCUT2D eigenvalue weighted by Gasteiger charge is 2.50. The van der Waals surface area contributed by atoms with Gasteiger partial charge in [-0.15, -0.1) is 0 Å². The van der Waals surface area contributed by atoms with Crippen molar-refractivity contribution in [2.45, 2.75) is 37.1 Å². The van der Waals surface area contributed by atoms with Crippen LogP contribution in [0.1, 0.15) is 30.2 Å². The summed E-state index contributed by atoms with van der Waals surface area (Å²) in [5.41, 5.74) is 0.678. The summed E-state index contributed by atoms with van der Waals surface area (Å²) >= 11 is 0. The third-order valence-corrected chi connectivity index (χ3v) is 6.50. The molecule has 0 radical (unpaired) electrons. The van der Waals surface area contributed by atoms with E-state index in [0.29, 0.717) is 23.8 Å². The molecule has 1 aromatic carbocycles. The van der Waals surface area contributed by atoms with Crippen LogP contribution >= 0.6 is 0 Å². The lowest BCUT2D eigenvalue weighted by atomic mass is 9.91. The van der Waals surface area contributed by atoms with E-state index in [1.807, 2.05) is 12.1 Å². The van der Waals surface area contributed by atoms with Crippen LogP contribution in [0.4, 0.5) is 4.39 Å². The average molecular weight is 384 g/mol. The first kappa shape index (κ1) is 18.0. The molecular weight excluding hydrogens is 359 g/mol. The van der Waals surface area contributed by atoms with Crippen LogP contribution in [0.25, 0.3) is 0 Å². The minimum Gasteiger partial charge on any atom is -0.506 e. The highest BCUT2D eigenvalue weighted by atomic mass is 19.1. The number of benzene rings is 1. The molecule has 1 saturated carbocycles. The zero-order chi connectivity index (χ0) is 19.3. The SMILES string of the molecule is Oc1ccc(C2OC2CN2C[C@@H]3CC(O)(Cc4ccccc4F)C[C@@H]3C2)nc1. The van der Waals surface area contributed by atoms with Crippen LogP contribution in [0, 0.1) is 17.7 Å². The molecule has 1 aliphatic carbocycles. The largest absolute Gasteiger partial charge is 0.506 e. The second kappa shape index (κ2) is 6.79. The van der Waals surface area contributed by atoms with E-state index in [1.165, 1.54) is 12.3 Å². The van der Waals surface area contributed by atoms with Gasteiger partial charge in [0, 0.05) is 26.1 Å². The number of fused-ring (bicyclic) bond motifs is 1. The van der Waals surface area contributed by atoms with Crippen LogP contribution in [0.3, 0.4) is 0 Å². The van der Waals surface area contributed by atoms with Crippen LogP contribution in [0.5, 0.6) is 5.75 Å². The predicted octanol–water partition coefficient (Wildman–Crippen LogP) is 2.68. The fraction of sp³-hybridized carbons (Fsp3) is 0.500. The number of ether oxygens (including phenoxy) is 1. The fourth-order valence-corrected chi connectivity index (χ4v) is 5.21. The Morgan fingerprint density at radius 2 is 1.89 bits per heavy atom. The molecular formula is C22H25FN2O3. The van der Waals surface area contributed by atoms with E-state index in [9.17, 15) is 14.6 Å². The van der Waals surface area contributed by atoms with Gasteiger partial charge in [0.1, 0.15) is 23.8 Å². The third-order valence-electron chi connectivity index (χ3n) is 6.50. The van der Waals surface area contributed by atoms with Crippen molar-refractivity contribution in [1.82, 2.24) is 9.88 Å². The molecule has 5 nitrogen and oxygen atoms in total. The molecule has 0 bridgehead atoms. The van der Waals surface area contributed by atoms with Crippen LogP contribution in [0.2, 0.25) is 0 Å². The number of aromatic hydroxyl groups is 1. The number of likely N-dealkylation sites (tertiary alicyclic amines) is 1. The summed E-state index contributed by atoms with van der Waals surface area (Å²) in [5, 5.41) is 20.4. The van der Waals surface area contributed by atoms with Gasteiger partial charge in [0.25, 0.3) is 0 Å². The van der Waals surface area contributed by atoms with Crippen LogP contribution in [-0.2, 0) is 11.2 Å². The van der Waals surface area contributed by atoms with Crippen molar-refractivity contribution < 1.29 is 19.3 Å². The molecule has 0 amide bonds. The van der Waals surface area contributed by atoms with Gasteiger partial charge in [0.15, 0.2) is 0 Å². The summed E-state index contributed by atoms with van der Waals surface area (Å²) in [6.45, 7) is 2.78. The molecule has 0 spiro atoms. The molecule has 3 unspecified atom stereocenters. The Morgan fingerprint density at radius 1 is 1.14 bits per heavy atom. The molecule has 5 rings (SSSR count). The highest BCUT2D eigenvalue weighted by Crippen LogP contribution is 2.47. The Bertz CT molecular complexity index is 845. The number of halogens is 1. The Morgan fingerprint density at radius 3 is 2.57 bits per heavy atom. The van der Waals surface area contributed by atoms with Crippen molar-refractivity contribution >= 4 is 0 Å². The van der Waals surface area contributed by atoms with E-state index in [1.54, 1.807) is 18.2 Å². The van der Waals surface area contributed by atoms with Gasteiger partial charge in [-0.3, -0.25) is 4.98 Å². The summed E-state index contributed by atoms with van der Waals surface area (Å²) in [5.74, 6) is 0.854. The number of epoxide rings is 1. The standard InChI is InChI=1S/C22H25FN2O3/c23-18-4-2-1-3-14(18)7-22(27)8-15-11-25(12-16(15)9-22)13-20-21(28-20)19-6-5-17(26)10-24-19/h1-6,10,15-16,20-21,26-27H,7-9,11-13H2/t15-,16+,20?,21?,22?. The maximum atomic E-state index is 14.0. The Kier molecular flexibility index (Phi) is 4.38. The number of hydrogen-bond donors (Lipinski definition) is 2. The first-order chi connectivity index (χ1) is 13.5. The van der Waals surface area contributed by atoms with Gasteiger partial charge in [0.05, 0.1) is 17.5 Å². The fourth-order valence-electron chi connectivity index (χ4n) is 5.21. The number of aliphatic hydroxyl groups is 1. The lowest BCUT2D eigenvalue weighted by Crippen LogP contribution is -2.33. The van der Waals surface area contributed by atoms with Crippen molar-refractivity contribution in [3.63, 3.8) is 0 Å². The molecule has 1 aromatic heterocycles. The lowest BCUT2D eigenvalue weighted by molar-refractivity contribution is 0.0344. The van der Waals surface area contributed by atoms with E-state index >= 15 is 0 Å². The summed E-state index contributed by atoms with van der Waals surface area (Å²) in [4.78, 5) is 6.65. The minimum absolute atomic E-state index is 0.0130. The molecule has 2 N–H and O–H groups in total. The molecule has 148 valence electrons. The van der Waals surface area contributed by atoms with Gasteiger partial charge < -0.3 is 19.8 Å². The van der Waals surface area contributed by atoms with Crippen LogP contribution in [-0.4, -0.2) is 51.4 Å². The maximum absolute atomic E-state index is 14.0. The summed E-state index contributed by atoms with van der Waals surface area (Å²) in [6, 6.07) is 10.2. The van der Waals surface area contributed by atoms with Crippen molar-refractivity contribution in [2.75, 3.05) is 19.6 Å². The molecule has 28 heavy (non-hydrogen) atoms. The second-order valence-electron chi connectivity index (χ2n) is 8.68. The maximum Gasteiger partial charge on any atom is 0.133 e. The highest BCUT2D eigenvalue weighted by molar-refractivity contribution is 5.23. The molecule has 2 aliphatic heterocycles. The molecule has 3 fully saturated rings. The van der Waals surface area contributed by atoms with Gasteiger partial charge in [-0.25, -0.2) is 4.39 Å². The van der Waals surface area contributed by atoms with E-state index in [-0.39, 0.29) is 23.8 Å². The zero-order valence-corrected chi connectivity index (χ0v) is 15.7. The smallest absolute Gasteiger partial charge is 0.133 e. The summed E-state index contributed by atoms with van der Waals surface area (Å²) in [6.07, 6.45) is 3.47. The van der Waals surface area contributed by atoms with Crippen LogP contribution in [0.15, 0.2) is 42.6 Å². The molecule has 3 aliphatic rings. The Balaban J connectivity index is 1.15. The second-order valence-corrected chi connectivity index (χ2v) is 8.68. The molecule has 3 heterocycles. The van der Waals surface area contributed by atoms with Gasteiger partial charge in [0.2, 0.25) is 0 Å². The summed E-state index contributed by atoms with van der Waals surface area (Å²) < 4.78 is 19.7.